The third kappa shape index (κ3) is 3.24. The van der Waals surface area contributed by atoms with Gasteiger partial charge in [-0.2, -0.15) is 5.10 Å². The molecule has 3 aliphatic rings. The van der Waals surface area contributed by atoms with Gasteiger partial charge in [0.25, 0.3) is 5.91 Å². The van der Waals surface area contributed by atoms with Crippen molar-refractivity contribution in [1.82, 2.24) is 25.1 Å². The highest BCUT2D eigenvalue weighted by molar-refractivity contribution is 9.11. The molecule has 33 heavy (non-hydrogen) atoms. The number of H-pyrrole nitrogens is 2. The minimum absolute atomic E-state index is 0.0167. The fraction of sp³-hybridized carbons (Fsp3) is 0.346. The van der Waals surface area contributed by atoms with Gasteiger partial charge >= 0.3 is 0 Å². The molecule has 6 nitrogen and oxygen atoms in total. The molecule has 4 unspecified atom stereocenters. The molecule has 1 aromatic carbocycles. The third-order valence-electron chi connectivity index (χ3n) is 7.77. The minimum Gasteiger partial charge on any atom is -0.349 e. The summed E-state index contributed by atoms with van der Waals surface area (Å²) in [6, 6.07) is 10.2. The van der Waals surface area contributed by atoms with Crippen molar-refractivity contribution in [3.05, 3.63) is 82.5 Å². The van der Waals surface area contributed by atoms with Crippen molar-refractivity contribution in [2.75, 3.05) is 6.54 Å². The Morgan fingerprint density at radius 2 is 2.12 bits per heavy atom. The van der Waals surface area contributed by atoms with Gasteiger partial charge in [0.15, 0.2) is 0 Å². The molecule has 2 aromatic heterocycles. The summed E-state index contributed by atoms with van der Waals surface area (Å²) in [5.41, 5.74) is 3.77. The van der Waals surface area contributed by atoms with Crippen molar-refractivity contribution in [3.8, 4) is 11.3 Å². The molecule has 2 aliphatic carbocycles. The number of imidazole rings is 1. The highest BCUT2D eigenvalue weighted by Crippen LogP contribution is 2.70. The van der Waals surface area contributed by atoms with Gasteiger partial charge in [-0.3, -0.25) is 9.89 Å². The van der Waals surface area contributed by atoms with Gasteiger partial charge in [0.1, 0.15) is 11.5 Å². The number of nitrogens with one attached hydrogen (secondary N) is 2. The first-order valence-corrected chi connectivity index (χ1v) is 12.4. The zero-order valence-corrected chi connectivity index (χ0v) is 20.0. The van der Waals surface area contributed by atoms with Crippen molar-refractivity contribution >= 4 is 21.8 Å². The average molecular weight is 504 g/mol. The maximum absolute atomic E-state index is 13.6. The van der Waals surface area contributed by atoms with E-state index in [0.29, 0.717) is 24.1 Å². The van der Waals surface area contributed by atoms with Crippen LogP contribution in [0.3, 0.4) is 0 Å². The lowest BCUT2D eigenvalue weighted by Crippen LogP contribution is -2.32. The Bertz CT molecular complexity index is 1240. The lowest BCUT2D eigenvalue weighted by molar-refractivity contribution is 0.0685. The molecule has 2 N–H and O–H groups in total. The standard InChI is InChI=1S/C26H26BrN5O/c1-16-21(26(16)11-9-18(27)10-12-26)24-20-22(17-6-3-2-4-7-17)30-31-23(20)25(33)32(24)15-5-8-19-28-13-14-29-19/h2-4,6-7,9-11,13-14,16,21,24H,5,8,12,15H2,1H3,(H,28,29)(H,30,31). The molecule has 0 bridgehead atoms. The number of carbonyl (C=O) groups is 1. The number of fused-ring (bicyclic) bond motifs is 1. The number of allylic oxidation sites excluding steroid dienone is 4. The van der Waals surface area contributed by atoms with Crippen LogP contribution in [0.25, 0.3) is 11.3 Å². The van der Waals surface area contributed by atoms with E-state index in [1.807, 2.05) is 24.4 Å². The highest BCUT2D eigenvalue weighted by Gasteiger charge is 2.66. The topological polar surface area (TPSA) is 77.7 Å². The van der Waals surface area contributed by atoms with Crippen molar-refractivity contribution < 1.29 is 4.79 Å². The molecule has 6 rings (SSSR count). The molecule has 3 heterocycles. The first kappa shape index (κ1) is 20.7. The predicted octanol–water partition coefficient (Wildman–Crippen LogP) is 5.42. The van der Waals surface area contributed by atoms with Crippen molar-refractivity contribution in [2.24, 2.45) is 17.3 Å². The van der Waals surface area contributed by atoms with Crippen molar-refractivity contribution in [3.63, 3.8) is 0 Å². The van der Waals surface area contributed by atoms with E-state index >= 15 is 0 Å². The van der Waals surface area contributed by atoms with Gasteiger partial charge in [-0.1, -0.05) is 71.4 Å². The lowest BCUT2D eigenvalue weighted by atomic mass is 9.89. The van der Waals surface area contributed by atoms with Crippen LogP contribution in [0.1, 0.15) is 47.7 Å². The Balaban J connectivity index is 1.37. The Morgan fingerprint density at radius 3 is 2.85 bits per heavy atom. The van der Waals surface area contributed by atoms with E-state index in [9.17, 15) is 4.79 Å². The summed E-state index contributed by atoms with van der Waals surface area (Å²) in [6.07, 6.45) is 13.1. The van der Waals surface area contributed by atoms with Gasteiger partial charge in [-0.15, -0.1) is 0 Å². The van der Waals surface area contributed by atoms with Crippen LogP contribution in [0, 0.1) is 17.3 Å². The van der Waals surface area contributed by atoms with Gasteiger partial charge < -0.3 is 9.88 Å². The van der Waals surface area contributed by atoms with Crippen molar-refractivity contribution in [1.29, 1.82) is 0 Å². The molecule has 1 saturated carbocycles. The van der Waals surface area contributed by atoms with E-state index in [1.54, 1.807) is 6.20 Å². The number of hydrogen-bond acceptors (Lipinski definition) is 3. The van der Waals surface area contributed by atoms with Gasteiger partial charge in [0.05, 0.1) is 11.7 Å². The number of aromatic amines is 2. The molecule has 4 atom stereocenters. The molecule has 1 amide bonds. The number of nitrogens with zero attached hydrogens (tertiary/aromatic N) is 3. The summed E-state index contributed by atoms with van der Waals surface area (Å²) >= 11 is 3.61. The van der Waals surface area contributed by atoms with E-state index in [4.69, 9.17) is 0 Å². The maximum Gasteiger partial charge on any atom is 0.272 e. The summed E-state index contributed by atoms with van der Waals surface area (Å²) in [6.45, 7) is 3.03. The van der Waals surface area contributed by atoms with E-state index in [1.165, 1.54) is 0 Å². The Morgan fingerprint density at radius 1 is 1.27 bits per heavy atom. The first-order valence-electron chi connectivity index (χ1n) is 11.6. The number of carbonyl (C=O) groups excluding carboxylic acids is 1. The zero-order chi connectivity index (χ0) is 22.6. The molecule has 1 fully saturated rings. The number of aromatic nitrogens is 4. The number of benzene rings is 1. The van der Waals surface area contributed by atoms with Gasteiger partial charge in [-0.05, 0) is 24.7 Å². The zero-order valence-electron chi connectivity index (χ0n) is 18.5. The van der Waals surface area contributed by atoms with E-state index < -0.39 is 0 Å². The van der Waals surface area contributed by atoms with E-state index in [2.05, 4.69) is 78.3 Å². The number of halogens is 1. The molecule has 168 valence electrons. The Labute approximate surface area is 201 Å². The highest BCUT2D eigenvalue weighted by atomic mass is 79.9. The van der Waals surface area contributed by atoms with Gasteiger partial charge in [0.2, 0.25) is 0 Å². The number of rotatable bonds is 6. The molecule has 1 spiro atoms. The van der Waals surface area contributed by atoms with Crippen LogP contribution in [0.2, 0.25) is 0 Å². The molecule has 0 radical (unpaired) electrons. The van der Waals surface area contributed by atoms with Crippen LogP contribution in [0.5, 0.6) is 0 Å². The average Bonchev–Trinajstić information content (AvgIpc) is 3.33. The molecule has 3 aromatic rings. The van der Waals surface area contributed by atoms with Crippen LogP contribution < -0.4 is 0 Å². The summed E-state index contributed by atoms with van der Waals surface area (Å²) < 4.78 is 1.14. The molecular weight excluding hydrogens is 478 g/mol. The Kier molecular flexibility index (Phi) is 4.91. The summed E-state index contributed by atoms with van der Waals surface area (Å²) in [7, 11) is 0. The second kappa shape index (κ2) is 7.83. The van der Waals surface area contributed by atoms with Gasteiger partial charge in [-0.25, -0.2) is 4.98 Å². The smallest absolute Gasteiger partial charge is 0.272 e. The fourth-order valence-electron chi connectivity index (χ4n) is 6.00. The van der Waals surface area contributed by atoms with Crippen LogP contribution in [0.4, 0.5) is 0 Å². The Hall–Kier alpha value is -2.93. The van der Waals surface area contributed by atoms with Crippen LogP contribution >= 0.6 is 15.9 Å². The van der Waals surface area contributed by atoms with Gasteiger partial charge in [0, 0.05) is 46.4 Å². The number of aryl methyl sites for hydroxylation is 1. The number of hydrogen-bond donors (Lipinski definition) is 2. The SMILES string of the molecule is CC1C(C2c3c(-c4ccccc4)n[nH]c3C(=O)N2CCCc2ncc[nH]2)C12C=CC(Br)=CC2. The lowest BCUT2D eigenvalue weighted by Gasteiger charge is -2.28. The third-order valence-corrected chi connectivity index (χ3v) is 8.35. The van der Waals surface area contributed by atoms with E-state index in [-0.39, 0.29) is 17.4 Å². The predicted molar refractivity (Wildman–Crippen MR) is 131 cm³/mol. The monoisotopic (exact) mass is 503 g/mol. The second-order valence-electron chi connectivity index (χ2n) is 9.36. The fourth-order valence-corrected chi connectivity index (χ4v) is 6.29. The maximum atomic E-state index is 13.6. The summed E-state index contributed by atoms with van der Waals surface area (Å²) in [5, 5.41) is 7.72. The molecule has 0 saturated heterocycles. The summed E-state index contributed by atoms with van der Waals surface area (Å²) in [4.78, 5) is 23.2. The van der Waals surface area contributed by atoms with Crippen LogP contribution in [-0.4, -0.2) is 37.5 Å². The minimum atomic E-state index is 0.0167. The quantitative estimate of drug-likeness (QED) is 0.471. The van der Waals surface area contributed by atoms with Crippen LogP contribution in [-0.2, 0) is 6.42 Å². The normalized spacial score (nSPS) is 27.8. The molecular formula is C26H26BrN5O. The number of amides is 1. The van der Waals surface area contributed by atoms with E-state index in [0.717, 1.165) is 46.4 Å². The first-order chi connectivity index (χ1) is 16.1. The van der Waals surface area contributed by atoms with Crippen molar-refractivity contribution in [2.45, 2.75) is 32.2 Å². The summed E-state index contributed by atoms with van der Waals surface area (Å²) in [5.74, 6) is 1.87. The largest absolute Gasteiger partial charge is 0.349 e. The molecule has 7 heteroatoms. The molecule has 1 aliphatic heterocycles. The van der Waals surface area contributed by atoms with Crippen LogP contribution in [0.15, 0.2) is 65.4 Å². The second-order valence-corrected chi connectivity index (χ2v) is 10.3.